The van der Waals surface area contributed by atoms with E-state index in [9.17, 15) is 9.59 Å². The highest BCUT2D eigenvalue weighted by atomic mass is 16.5. The van der Waals surface area contributed by atoms with Crippen molar-refractivity contribution in [3.05, 3.63) is 22.5 Å². The Morgan fingerprint density at radius 3 is 2.82 bits per heavy atom. The fraction of sp³-hybridized carbons (Fsp3) is 0.643. The van der Waals surface area contributed by atoms with Gasteiger partial charge in [-0.25, -0.2) is 19.0 Å². The lowest BCUT2D eigenvalue weighted by atomic mass is 10.1. The number of nitrogens with zero attached hydrogens (tertiary/aromatic N) is 5. The maximum atomic E-state index is 12.0. The Bertz CT molecular complexity index is 704. The molecule has 0 spiro atoms. The minimum atomic E-state index is -0.575. The molecule has 0 saturated carbocycles. The van der Waals surface area contributed by atoms with E-state index in [2.05, 4.69) is 29.1 Å². The van der Waals surface area contributed by atoms with Crippen molar-refractivity contribution in [1.82, 2.24) is 24.4 Å². The Labute approximate surface area is 128 Å². The Morgan fingerprint density at radius 1 is 1.32 bits per heavy atom. The van der Waals surface area contributed by atoms with Crippen LogP contribution in [0.15, 0.2) is 11.1 Å². The Hall–Kier alpha value is -2.25. The van der Waals surface area contributed by atoms with Crippen LogP contribution in [-0.2, 0) is 11.8 Å². The van der Waals surface area contributed by atoms with Crippen LogP contribution < -0.4 is 5.69 Å². The predicted molar refractivity (Wildman–Crippen MR) is 79.6 cm³/mol. The van der Waals surface area contributed by atoms with Gasteiger partial charge in [-0.15, -0.1) is 5.10 Å². The quantitative estimate of drug-likeness (QED) is 0.564. The number of esters is 1. The number of imidazole rings is 1. The molecule has 8 nitrogen and oxygen atoms in total. The van der Waals surface area contributed by atoms with E-state index >= 15 is 0 Å². The van der Waals surface area contributed by atoms with Gasteiger partial charge in [-0.1, -0.05) is 38.3 Å². The zero-order chi connectivity index (χ0) is 16.1. The zero-order valence-electron chi connectivity index (χ0n) is 13.2. The van der Waals surface area contributed by atoms with E-state index in [1.807, 2.05) is 0 Å². The zero-order valence-corrected chi connectivity index (χ0v) is 13.2. The fourth-order valence-electron chi connectivity index (χ4n) is 2.09. The van der Waals surface area contributed by atoms with Gasteiger partial charge in [0.15, 0.2) is 11.3 Å². The van der Waals surface area contributed by atoms with E-state index < -0.39 is 11.7 Å². The fourth-order valence-corrected chi connectivity index (χ4v) is 2.09. The summed E-state index contributed by atoms with van der Waals surface area (Å²) in [6.45, 7) is 4.72. The van der Waals surface area contributed by atoms with Crippen LogP contribution in [0, 0.1) is 5.92 Å². The smallest absolute Gasteiger partial charge is 0.360 e. The van der Waals surface area contributed by atoms with Crippen LogP contribution in [-0.4, -0.2) is 37.0 Å². The molecule has 0 saturated heterocycles. The minimum absolute atomic E-state index is 0.0207. The molecule has 0 aliphatic rings. The number of aromatic nitrogens is 5. The standard InChI is InChI=1S/C14H21N5O3/c1-10(2)7-5-4-6-8-22-13(20)11-12-16-17-18(3)14(21)19(12)9-15-11/h9-10H,4-8H2,1-3H3. The van der Waals surface area contributed by atoms with Crippen molar-refractivity contribution >= 4 is 11.6 Å². The topological polar surface area (TPSA) is 91.4 Å². The number of carbonyl (C=O) groups is 1. The van der Waals surface area contributed by atoms with Crippen molar-refractivity contribution in [1.29, 1.82) is 0 Å². The summed E-state index contributed by atoms with van der Waals surface area (Å²) in [6, 6.07) is 0. The summed E-state index contributed by atoms with van der Waals surface area (Å²) in [6.07, 6.45) is 5.40. The molecule has 2 heterocycles. The second kappa shape index (κ2) is 7.15. The first kappa shape index (κ1) is 16.1. The van der Waals surface area contributed by atoms with Crippen molar-refractivity contribution in [2.24, 2.45) is 13.0 Å². The Kier molecular flexibility index (Phi) is 5.24. The van der Waals surface area contributed by atoms with Crippen LogP contribution in [0.3, 0.4) is 0 Å². The third-order valence-corrected chi connectivity index (χ3v) is 3.35. The van der Waals surface area contributed by atoms with Crippen molar-refractivity contribution in [3.63, 3.8) is 0 Å². The third kappa shape index (κ3) is 3.69. The van der Waals surface area contributed by atoms with E-state index in [0.717, 1.165) is 23.9 Å². The largest absolute Gasteiger partial charge is 0.461 e. The Balaban J connectivity index is 1.91. The molecule has 2 aromatic heterocycles. The van der Waals surface area contributed by atoms with Gasteiger partial charge in [-0.3, -0.25) is 0 Å². The van der Waals surface area contributed by atoms with Gasteiger partial charge in [0, 0.05) is 7.05 Å². The number of fused-ring (bicyclic) bond motifs is 1. The second-order valence-electron chi connectivity index (χ2n) is 5.66. The molecule has 2 aromatic rings. The first-order chi connectivity index (χ1) is 10.5. The highest BCUT2D eigenvalue weighted by Gasteiger charge is 2.18. The van der Waals surface area contributed by atoms with E-state index in [4.69, 9.17) is 4.74 Å². The van der Waals surface area contributed by atoms with Gasteiger partial charge in [0.05, 0.1) is 6.61 Å². The molecule has 0 atom stereocenters. The summed E-state index contributed by atoms with van der Waals surface area (Å²) in [5, 5.41) is 7.46. The van der Waals surface area contributed by atoms with Gasteiger partial charge >= 0.3 is 11.7 Å². The number of hydrogen-bond donors (Lipinski definition) is 0. The molecule has 0 fully saturated rings. The molecular formula is C14H21N5O3. The molecule has 0 N–H and O–H groups in total. The summed E-state index contributed by atoms with van der Waals surface area (Å²) in [5.74, 6) is 0.120. The Morgan fingerprint density at radius 2 is 2.09 bits per heavy atom. The highest BCUT2D eigenvalue weighted by molar-refractivity contribution is 5.93. The highest BCUT2D eigenvalue weighted by Crippen LogP contribution is 2.09. The average molecular weight is 307 g/mol. The van der Waals surface area contributed by atoms with Gasteiger partial charge in [-0.05, 0) is 12.3 Å². The van der Waals surface area contributed by atoms with Crippen LogP contribution in [0.2, 0.25) is 0 Å². The molecule has 0 aliphatic carbocycles. The summed E-state index contributed by atoms with van der Waals surface area (Å²) in [5.41, 5.74) is -0.273. The summed E-state index contributed by atoms with van der Waals surface area (Å²) in [4.78, 5) is 27.7. The second-order valence-corrected chi connectivity index (χ2v) is 5.66. The first-order valence-corrected chi connectivity index (χ1v) is 7.45. The molecular weight excluding hydrogens is 286 g/mol. The van der Waals surface area contributed by atoms with E-state index in [1.165, 1.54) is 24.2 Å². The number of unbranched alkanes of at least 4 members (excludes halogenated alkanes) is 2. The maximum Gasteiger partial charge on any atom is 0.360 e. The molecule has 0 aliphatic heterocycles. The van der Waals surface area contributed by atoms with Crippen LogP contribution >= 0.6 is 0 Å². The summed E-state index contributed by atoms with van der Waals surface area (Å²) < 4.78 is 7.42. The molecule has 0 aromatic carbocycles. The lowest BCUT2D eigenvalue weighted by Gasteiger charge is -2.05. The number of carbonyl (C=O) groups excluding carboxylic acids is 1. The maximum absolute atomic E-state index is 12.0. The van der Waals surface area contributed by atoms with Gasteiger partial charge in [0.2, 0.25) is 0 Å². The van der Waals surface area contributed by atoms with Gasteiger partial charge in [0.25, 0.3) is 0 Å². The van der Waals surface area contributed by atoms with Crippen LogP contribution in [0.1, 0.15) is 50.0 Å². The van der Waals surface area contributed by atoms with Crippen molar-refractivity contribution in [2.75, 3.05) is 6.61 Å². The number of aryl methyl sites for hydroxylation is 1. The summed E-state index contributed by atoms with van der Waals surface area (Å²) in [7, 11) is 1.48. The normalized spacial score (nSPS) is 11.3. The SMILES string of the molecule is CC(C)CCCCCOC(=O)c1ncn2c(=O)n(C)nnc12. The van der Waals surface area contributed by atoms with E-state index in [0.29, 0.717) is 12.5 Å². The van der Waals surface area contributed by atoms with Gasteiger partial charge in [0.1, 0.15) is 6.33 Å². The number of hydrogen-bond acceptors (Lipinski definition) is 6. The monoisotopic (exact) mass is 307 g/mol. The van der Waals surface area contributed by atoms with Gasteiger partial charge < -0.3 is 4.74 Å². The van der Waals surface area contributed by atoms with Crippen molar-refractivity contribution in [2.45, 2.75) is 39.5 Å². The first-order valence-electron chi connectivity index (χ1n) is 7.45. The molecule has 0 amide bonds. The minimum Gasteiger partial charge on any atom is -0.461 e. The van der Waals surface area contributed by atoms with Crippen LogP contribution in [0.5, 0.6) is 0 Å². The predicted octanol–water partition coefficient (Wildman–Crippen LogP) is 1.20. The lowest BCUT2D eigenvalue weighted by Crippen LogP contribution is -2.27. The van der Waals surface area contributed by atoms with Crippen molar-refractivity contribution < 1.29 is 9.53 Å². The molecule has 0 radical (unpaired) electrons. The molecule has 2 rings (SSSR count). The van der Waals surface area contributed by atoms with E-state index in [1.54, 1.807) is 0 Å². The molecule has 120 valence electrons. The molecule has 0 bridgehead atoms. The van der Waals surface area contributed by atoms with Crippen LogP contribution in [0.25, 0.3) is 5.65 Å². The van der Waals surface area contributed by atoms with E-state index in [-0.39, 0.29) is 11.3 Å². The number of ether oxygens (including phenoxy) is 1. The average Bonchev–Trinajstić information content (AvgIpc) is 2.90. The lowest BCUT2D eigenvalue weighted by molar-refractivity contribution is 0.0493. The summed E-state index contributed by atoms with van der Waals surface area (Å²) >= 11 is 0. The molecule has 22 heavy (non-hydrogen) atoms. The molecule has 0 unspecified atom stereocenters. The number of rotatable bonds is 7. The third-order valence-electron chi connectivity index (χ3n) is 3.35. The van der Waals surface area contributed by atoms with Gasteiger partial charge in [-0.2, -0.15) is 4.68 Å². The molecule has 8 heteroatoms. The van der Waals surface area contributed by atoms with Crippen molar-refractivity contribution in [3.8, 4) is 0 Å². The van der Waals surface area contributed by atoms with Crippen LogP contribution in [0.4, 0.5) is 0 Å².